The molecule has 1 aliphatic carbocycles. The molecular weight excluding hydrogens is 322 g/mol. The lowest BCUT2D eigenvalue weighted by Crippen LogP contribution is -2.41. The molecule has 0 aromatic heterocycles. The minimum Gasteiger partial charge on any atom is -0.497 e. The molecular formula is C19H27NO5. The minimum atomic E-state index is -0.573. The van der Waals surface area contributed by atoms with Crippen LogP contribution in [0.5, 0.6) is 11.5 Å². The van der Waals surface area contributed by atoms with Crippen molar-refractivity contribution in [3.8, 4) is 11.5 Å². The van der Waals surface area contributed by atoms with Gasteiger partial charge in [-0.2, -0.15) is 0 Å². The first kappa shape index (κ1) is 19.1. The number of likely N-dealkylation sites (N-methyl/N-ethyl adjacent to an activating group) is 1. The number of amides is 1. The molecule has 2 rings (SSSR count). The van der Waals surface area contributed by atoms with Gasteiger partial charge in [-0.25, -0.2) is 4.79 Å². The predicted molar refractivity (Wildman–Crippen MR) is 94.0 cm³/mol. The number of rotatable bonds is 6. The Kier molecular flexibility index (Phi) is 6.67. The average Bonchev–Trinajstić information content (AvgIpc) is 2.65. The van der Waals surface area contributed by atoms with Gasteiger partial charge in [-0.1, -0.05) is 6.92 Å². The summed E-state index contributed by atoms with van der Waals surface area (Å²) in [6.45, 7) is 1.98. The van der Waals surface area contributed by atoms with Gasteiger partial charge in [-0.05, 0) is 43.7 Å². The number of hydrogen-bond acceptors (Lipinski definition) is 5. The van der Waals surface area contributed by atoms with Crippen molar-refractivity contribution in [1.82, 2.24) is 4.90 Å². The van der Waals surface area contributed by atoms with E-state index < -0.39 is 5.97 Å². The van der Waals surface area contributed by atoms with E-state index in [1.54, 1.807) is 30.1 Å². The number of ether oxygens (including phenoxy) is 3. The lowest BCUT2D eigenvalue weighted by atomic mass is 9.87. The van der Waals surface area contributed by atoms with Crippen molar-refractivity contribution in [1.29, 1.82) is 0 Å². The van der Waals surface area contributed by atoms with Crippen LogP contribution < -0.4 is 9.47 Å². The molecule has 1 fully saturated rings. The molecule has 1 aliphatic rings. The summed E-state index contributed by atoms with van der Waals surface area (Å²) in [4.78, 5) is 26.2. The van der Waals surface area contributed by atoms with Crippen LogP contribution in [-0.4, -0.2) is 50.7 Å². The molecule has 1 aromatic carbocycles. The van der Waals surface area contributed by atoms with Gasteiger partial charge in [0, 0.05) is 19.2 Å². The number of benzene rings is 1. The van der Waals surface area contributed by atoms with E-state index in [1.165, 1.54) is 14.2 Å². The SMILES string of the molecule is COc1cc(OC)cc(C(=O)OCC(=O)N(C)C2CCC(C)CC2)c1. The zero-order chi connectivity index (χ0) is 18.4. The first-order valence-corrected chi connectivity index (χ1v) is 8.60. The zero-order valence-corrected chi connectivity index (χ0v) is 15.4. The van der Waals surface area contributed by atoms with Crippen LogP contribution in [0.3, 0.4) is 0 Å². The smallest absolute Gasteiger partial charge is 0.338 e. The highest BCUT2D eigenvalue weighted by atomic mass is 16.5. The van der Waals surface area contributed by atoms with Crippen molar-refractivity contribution in [3.05, 3.63) is 23.8 Å². The van der Waals surface area contributed by atoms with E-state index in [-0.39, 0.29) is 24.1 Å². The molecule has 1 saturated carbocycles. The van der Waals surface area contributed by atoms with Gasteiger partial charge in [0.1, 0.15) is 11.5 Å². The molecule has 0 heterocycles. The number of esters is 1. The van der Waals surface area contributed by atoms with Crippen LogP contribution in [0.2, 0.25) is 0 Å². The molecule has 25 heavy (non-hydrogen) atoms. The van der Waals surface area contributed by atoms with Crippen molar-refractivity contribution < 1.29 is 23.8 Å². The Morgan fingerprint density at radius 1 is 1.04 bits per heavy atom. The van der Waals surface area contributed by atoms with Crippen molar-refractivity contribution in [3.63, 3.8) is 0 Å². The Bertz CT molecular complexity index is 586. The lowest BCUT2D eigenvalue weighted by Gasteiger charge is -2.33. The largest absolute Gasteiger partial charge is 0.497 e. The fraction of sp³-hybridized carbons (Fsp3) is 0.579. The zero-order valence-electron chi connectivity index (χ0n) is 15.4. The molecule has 1 amide bonds. The van der Waals surface area contributed by atoms with Crippen molar-refractivity contribution in [2.75, 3.05) is 27.9 Å². The summed E-state index contributed by atoms with van der Waals surface area (Å²) < 4.78 is 15.5. The molecule has 6 heteroatoms. The van der Waals surface area contributed by atoms with Crippen LogP contribution in [0.1, 0.15) is 43.0 Å². The van der Waals surface area contributed by atoms with Gasteiger partial charge in [0.25, 0.3) is 5.91 Å². The van der Waals surface area contributed by atoms with Gasteiger partial charge in [0.2, 0.25) is 0 Å². The molecule has 0 saturated heterocycles. The van der Waals surface area contributed by atoms with E-state index in [0.717, 1.165) is 31.6 Å². The summed E-state index contributed by atoms with van der Waals surface area (Å²) in [7, 11) is 4.80. The van der Waals surface area contributed by atoms with E-state index >= 15 is 0 Å². The van der Waals surface area contributed by atoms with Crippen molar-refractivity contribution in [2.24, 2.45) is 5.92 Å². The Hall–Kier alpha value is -2.24. The van der Waals surface area contributed by atoms with Gasteiger partial charge in [0.05, 0.1) is 19.8 Å². The third-order valence-electron chi connectivity index (χ3n) is 4.84. The van der Waals surface area contributed by atoms with Gasteiger partial charge >= 0.3 is 5.97 Å². The molecule has 1 aromatic rings. The van der Waals surface area contributed by atoms with E-state index in [9.17, 15) is 9.59 Å². The summed E-state index contributed by atoms with van der Waals surface area (Å²) in [5, 5.41) is 0. The molecule has 0 spiro atoms. The van der Waals surface area contributed by atoms with E-state index in [4.69, 9.17) is 14.2 Å². The first-order chi connectivity index (χ1) is 11.9. The quantitative estimate of drug-likeness (QED) is 0.739. The van der Waals surface area contributed by atoms with Crippen LogP contribution in [0.4, 0.5) is 0 Å². The van der Waals surface area contributed by atoms with Crippen LogP contribution in [0, 0.1) is 5.92 Å². The Morgan fingerprint density at radius 3 is 2.12 bits per heavy atom. The highest BCUT2D eigenvalue weighted by molar-refractivity contribution is 5.92. The topological polar surface area (TPSA) is 65.1 Å². The highest BCUT2D eigenvalue weighted by Gasteiger charge is 2.25. The number of carbonyl (C=O) groups is 2. The summed E-state index contributed by atoms with van der Waals surface area (Å²) in [6, 6.07) is 5.02. The standard InChI is InChI=1S/C19H27NO5/c1-13-5-7-15(8-6-13)20(2)18(21)12-25-19(22)14-9-16(23-3)11-17(10-14)24-4/h9-11,13,15H,5-8,12H2,1-4H3. The average molecular weight is 349 g/mol. The maximum atomic E-state index is 12.3. The van der Waals surface area contributed by atoms with Crippen LogP contribution in [0.25, 0.3) is 0 Å². The molecule has 0 radical (unpaired) electrons. The fourth-order valence-corrected chi connectivity index (χ4v) is 3.07. The molecule has 0 bridgehead atoms. The monoisotopic (exact) mass is 349 g/mol. The normalized spacial score (nSPS) is 19.8. The summed E-state index contributed by atoms with van der Waals surface area (Å²) in [5.41, 5.74) is 0.290. The molecule has 0 aliphatic heterocycles. The van der Waals surface area contributed by atoms with Crippen molar-refractivity contribution >= 4 is 11.9 Å². The summed E-state index contributed by atoms with van der Waals surface area (Å²) in [6.07, 6.45) is 4.27. The number of methoxy groups -OCH3 is 2. The number of carbonyl (C=O) groups excluding carboxylic acids is 2. The summed E-state index contributed by atoms with van der Waals surface area (Å²) >= 11 is 0. The van der Waals surface area contributed by atoms with E-state index in [0.29, 0.717) is 11.5 Å². The molecule has 138 valence electrons. The summed E-state index contributed by atoms with van der Waals surface area (Å²) in [5.74, 6) is 0.955. The van der Waals surface area contributed by atoms with E-state index in [2.05, 4.69) is 6.92 Å². The van der Waals surface area contributed by atoms with Gasteiger partial charge in [-0.3, -0.25) is 4.79 Å². The fourth-order valence-electron chi connectivity index (χ4n) is 3.07. The van der Waals surface area contributed by atoms with Crippen LogP contribution in [0.15, 0.2) is 18.2 Å². The molecule has 0 N–H and O–H groups in total. The van der Waals surface area contributed by atoms with Gasteiger partial charge in [-0.15, -0.1) is 0 Å². The Labute approximate surface area is 149 Å². The van der Waals surface area contributed by atoms with Gasteiger partial charge < -0.3 is 19.1 Å². The van der Waals surface area contributed by atoms with Crippen LogP contribution >= 0.6 is 0 Å². The lowest BCUT2D eigenvalue weighted by molar-refractivity contribution is -0.136. The number of hydrogen-bond donors (Lipinski definition) is 0. The molecule has 0 unspecified atom stereocenters. The second kappa shape index (κ2) is 8.74. The minimum absolute atomic E-state index is 0.178. The first-order valence-electron chi connectivity index (χ1n) is 8.60. The maximum Gasteiger partial charge on any atom is 0.338 e. The van der Waals surface area contributed by atoms with Gasteiger partial charge in [0.15, 0.2) is 6.61 Å². The molecule has 0 atom stereocenters. The second-order valence-electron chi connectivity index (χ2n) is 6.60. The Balaban J connectivity index is 1.91. The van der Waals surface area contributed by atoms with E-state index in [1.807, 2.05) is 0 Å². The van der Waals surface area contributed by atoms with Crippen LogP contribution in [-0.2, 0) is 9.53 Å². The van der Waals surface area contributed by atoms with Crippen molar-refractivity contribution in [2.45, 2.75) is 38.6 Å². The third-order valence-corrected chi connectivity index (χ3v) is 4.84. The highest BCUT2D eigenvalue weighted by Crippen LogP contribution is 2.26. The second-order valence-corrected chi connectivity index (χ2v) is 6.60. The Morgan fingerprint density at radius 2 is 1.60 bits per heavy atom. The number of nitrogens with zero attached hydrogens (tertiary/aromatic N) is 1. The predicted octanol–water partition coefficient (Wildman–Crippen LogP) is 2.90. The maximum absolute atomic E-state index is 12.3. The third kappa shape index (κ3) is 5.11. The molecule has 6 nitrogen and oxygen atoms in total.